The van der Waals surface area contributed by atoms with Crippen molar-refractivity contribution in [1.29, 1.82) is 0 Å². The third-order valence-electron chi connectivity index (χ3n) is 2.40. The molecule has 0 aliphatic heterocycles. The minimum atomic E-state index is -1.45. The van der Waals surface area contributed by atoms with E-state index < -0.39 is 5.60 Å². The molecule has 1 atom stereocenters. The van der Waals surface area contributed by atoms with E-state index in [1.54, 1.807) is 20.2 Å². The molecule has 0 spiro atoms. The fraction of sp³-hybridized carbons (Fsp3) is 0.417. The third kappa shape index (κ3) is 2.36. The van der Waals surface area contributed by atoms with Crippen LogP contribution < -0.4 is 0 Å². The van der Waals surface area contributed by atoms with E-state index in [1.165, 1.54) is 11.8 Å². The zero-order chi connectivity index (χ0) is 11.6. The Morgan fingerprint density at radius 3 is 2.47 bits per heavy atom. The molecular formula is C12H17NO2. The molecule has 1 N–H and O–H groups in total. The van der Waals surface area contributed by atoms with E-state index >= 15 is 0 Å². The van der Waals surface area contributed by atoms with Crippen molar-refractivity contribution in [2.24, 2.45) is 0 Å². The molecule has 1 rings (SSSR count). The van der Waals surface area contributed by atoms with Crippen LogP contribution in [-0.2, 0) is 10.4 Å². The highest BCUT2D eigenvalue weighted by atomic mass is 16.3. The second kappa shape index (κ2) is 4.03. The Balaban J connectivity index is 3.10. The molecule has 0 bridgehead atoms. The Hall–Kier alpha value is -1.35. The van der Waals surface area contributed by atoms with Crippen molar-refractivity contribution < 1.29 is 9.90 Å². The Labute approximate surface area is 90.3 Å². The number of aryl methyl sites for hydroxylation is 1. The zero-order valence-electron chi connectivity index (χ0n) is 9.61. The number of amides is 1. The molecule has 1 aromatic rings. The maximum Gasteiger partial charge on any atom is 0.258 e. The molecule has 0 heterocycles. The summed E-state index contributed by atoms with van der Waals surface area (Å²) in [6, 6.07) is 7.34. The fourth-order valence-corrected chi connectivity index (χ4v) is 1.51. The van der Waals surface area contributed by atoms with Gasteiger partial charge in [-0.3, -0.25) is 4.79 Å². The molecule has 82 valence electrons. The van der Waals surface area contributed by atoms with Crippen LogP contribution in [0.3, 0.4) is 0 Å². The van der Waals surface area contributed by atoms with Gasteiger partial charge in [0.05, 0.1) is 0 Å². The lowest BCUT2D eigenvalue weighted by Gasteiger charge is -2.26. The SMILES string of the molecule is Cc1cccc(C(C)(O)C(=O)N(C)C)c1. The Morgan fingerprint density at radius 2 is 2.00 bits per heavy atom. The molecule has 1 aromatic carbocycles. The molecule has 3 heteroatoms. The van der Waals surface area contributed by atoms with Gasteiger partial charge in [0.25, 0.3) is 5.91 Å². The van der Waals surface area contributed by atoms with Gasteiger partial charge in [0, 0.05) is 14.1 Å². The second-order valence-electron chi connectivity index (χ2n) is 4.14. The number of rotatable bonds is 2. The average molecular weight is 207 g/mol. The van der Waals surface area contributed by atoms with Crippen LogP contribution in [0.1, 0.15) is 18.1 Å². The third-order valence-corrected chi connectivity index (χ3v) is 2.40. The Kier molecular flexibility index (Phi) is 3.15. The first-order valence-electron chi connectivity index (χ1n) is 4.87. The number of likely N-dealkylation sites (N-methyl/N-ethyl adjacent to an activating group) is 1. The van der Waals surface area contributed by atoms with Crippen LogP contribution in [0.5, 0.6) is 0 Å². The number of benzene rings is 1. The lowest BCUT2D eigenvalue weighted by Crippen LogP contribution is -2.41. The number of aliphatic hydroxyl groups is 1. The minimum Gasteiger partial charge on any atom is -0.376 e. The van der Waals surface area contributed by atoms with Crippen LogP contribution in [-0.4, -0.2) is 30.0 Å². The van der Waals surface area contributed by atoms with E-state index in [0.29, 0.717) is 5.56 Å². The van der Waals surface area contributed by atoms with E-state index in [1.807, 2.05) is 25.1 Å². The lowest BCUT2D eigenvalue weighted by molar-refractivity contribution is -0.147. The normalized spacial score (nSPS) is 14.5. The van der Waals surface area contributed by atoms with Gasteiger partial charge in [0.15, 0.2) is 5.60 Å². The summed E-state index contributed by atoms with van der Waals surface area (Å²) in [6.45, 7) is 3.45. The van der Waals surface area contributed by atoms with Crippen molar-refractivity contribution >= 4 is 5.91 Å². The Morgan fingerprint density at radius 1 is 1.40 bits per heavy atom. The first kappa shape index (κ1) is 11.7. The maximum absolute atomic E-state index is 11.8. The molecule has 1 amide bonds. The molecular weight excluding hydrogens is 190 g/mol. The highest BCUT2D eigenvalue weighted by molar-refractivity contribution is 5.85. The number of carbonyl (C=O) groups excluding carboxylic acids is 1. The molecule has 0 aliphatic rings. The minimum absolute atomic E-state index is 0.312. The summed E-state index contributed by atoms with van der Waals surface area (Å²) >= 11 is 0. The first-order valence-corrected chi connectivity index (χ1v) is 4.87. The van der Waals surface area contributed by atoms with Crippen molar-refractivity contribution in [3.63, 3.8) is 0 Å². The standard InChI is InChI=1S/C12H17NO2/c1-9-6-5-7-10(8-9)12(2,15)11(14)13(3)4/h5-8,15H,1-4H3. The monoisotopic (exact) mass is 207 g/mol. The van der Waals surface area contributed by atoms with E-state index in [0.717, 1.165) is 5.56 Å². The summed E-state index contributed by atoms with van der Waals surface area (Å²) in [7, 11) is 3.26. The van der Waals surface area contributed by atoms with Crippen LogP contribution in [0, 0.1) is 6.92 Å². The number of hydrogen-bond donors (Lipinski definition) is 1. The van der Waals surface area contributed by atoms with Gasteiger partial charge in [-0.2, -0.15) is 0 Å². The number of nitrogens with zero attached hydrogens (tertiary/aromatic N) is 1. The average Bonchev–Trinajstić information content (AvgIpc) is 2.16. The molecule has 0 saturated heterocycles. The van der Waals surface area contributed by atoms with Crippen LogP contribution in [0.25, 0.3) is 0 Å². The van der Waals surface area contributed by atoms with Crippen molar-refractivity contribution in [2.45, 2.75) is 19.4 Å². The van der Waals surface area contributed by atoms with Crippen LogP contribution >= 0.6 is 0 Å². The van der Waals surface area contributed by atoms with Gasteiger partial charge in [-0.25, -0.2) is 0 Å². The van der Waals surface area contributed by atoms with Crippen LogP contribution in [0.2, 0.25) is 0 Å². The topological polar surface area (TPSA) is 40.5 Å². The van der Waals surface area contributed by atoms with E-state index in [2.05, 4.69) is 0 Å². The van der Waals surface area contributed by atoms with Gasteiger partial charge in [-0.1, -0.05) is 29.8 Å². The molecule has 0 aromatic heterocycles. The predicted molar refractivity (Wildman–Crippen MR) is 59.4 cm³/mol. The summed E-state index contributed by atoms with van der Waals surface area (Å²) in [6.07, 6.45) is 0. The molecule has 0 aliphatic carbocycles. The zero-order valence-corrected chi connectivity index (χ0v) is 9.61. The van der Waals surface area contributed by atoms with Crippen molar-refractivity contribution in [1.82, 2.24) is 4.90 Å². The van der Waals surface area contributed by atoms with E-state index in [4.69, 9.17) is 0 Å². The summed E-state index contributed by atoms with van der Waals surface area (Å²) < 4.78 is 0. The first-order chi connectivity index (χ1) is 6.85. The second-order valence-corrected chi connectivity index (χ2v) is 4.14. The van der Waals surface area contributed by atoms with Crippen molar-refractivity contribution in [3.8, 4) is 0 Å². The summed E-state index contributed by atoms with van der Waals surface area (Å²) in [4.78, 5) is 13.1. The van der Waals surface area contributed by atoms with Crippen molar-refractivity contribution in [3.05, 3.63) is 35.4 Å². The van der Waals surface area contributed by atoms with Gasteiger partial charge in [0.1, 0.15) is 0 Å². The molecule has 15 heavy (non-hydrogen) atoms. The van der Waals surface area contributed by atoms with Crippen LogP contribution in [0.15, 0.2) is 24.3 Å². The summed E-state index contributed by atoms with van der Waals surface area (Å²) in [5, 5.41) is 10.2. The van der Waals surface area contributed by atoms with Gasteiger partial charge < -0.3 is 10.0 Å². The van der Waals surface area contributed by atoms with Gasteiger partial charge in [-0.05, 0) is 19.4 Å². The Bertz CT molecular complexity index is 370. The molecule has 1 unspecified atom stereocenters. The largest absolute Gasteiger partial charge is 0.376 e. The molecule has 0 fully saturated rings. The molecule has 0 radical (unpaired) electrons. The fourth-order valence-electron chi connectivity index (χ4n) is 1.51. The summed E-state index contributed by atoms with van der Waals surface area (Å²) in [5.74, 6) is -0.312. The maximum atomic E-state index is 11.8. The van der Waals surface area contributed by atoms with E-state index in [9.17, 15) is 9.90 Å². The number of hydrogen-bond acceptors (Lipinski definition) is 2. The highest BCUT2D eigenvalue weighted by Gasteiger charge is 2.33. The van der Waals surface area contributed by atoms with Crippen LogP contribution in [0.4, 0.5) is 0 Å². The predicted octanol–water partition coefficient (Wildman–Crippen LogP) is 1.29. The van der Waals surface area contributed by atoms with Gasteiger partial charge in [0.2, 0.25) is 0 Å². The van der Waals surface area contributed by atoms with Gasteiger partial charge >= 0.3 is 0 Å². The lowest BCUT2D eigenvalue weighted by atomic mass is 9.93. The van der Waals surface area contributed by atoms with Crippen molar-refractivity contribution in [2.75, 3.05) is 14.1 Å². The quantitative estimate of drug-likeness (QED) is 0.794. The van der Waals surface area contributed by atoms with E-state index in [-0.39, 0.29) is 5.91 Å². The summed E-state index contributed by atoms with van der Waals surface area (Å²) in [5.41, 5.74) is 0.204. The molecule has 3 nitrogen and oxygen atoms in total. The highest BCUT2D eigenvalue weighted by Crippen LogP contribution is 2.23. The number of carbonyl (C=O) groups is 1. The van der Waals surface area contributed by atoms with Gasteiger partial charge in [-0.15, -0.1) is 0 Å². The molecule has 0 saturated carbocycles. The smallest absolute Gasteiger partial charge is 0.258 e.